The third-order valence-corrected chi connectivity index (χ3v) is 3.49. The zero-order valence-corrected chi connectivity index (χ0v) is 11.7. The van der Waals surface area contributed by atoms with Gasteiger partial charge in [0.2, 0.25) is 5.89 Å². The second-order valence-corrected chi connectivity index (χ2v) is 5.08. The zero-order valence-electron chi connectivity index (χ0n) is 10.9. The first-order valence-electron chi connectivity index (χ1n) is 6.46. The van der Waals surface area contributed by atoms with E-state index in [2.05, 4.69) is 20.8 Å². The van der Waals surface area contributed by atoms with Crippen LogP contribution in [0.25, 0.3) is 0 Å². The molecule has 8 heteroatoms. The van der Waals surface area contributed by atoms with Crippen LogP contribution >= 0.6 is 11.6 Å². The summed E-state index contributed by atoms with van der Waals surface area (Å²) in [4.78, 5) is 12.0. The van der Waals surface area contributed by atoms with Gasteiger partial charge in [-0.15, -0.1) is 5.10 Å². The lowest BCUT2D eigenvalue weighted by Gasteiger charge is -2.03. The van der Waals surface area contributed by atoms with Crippen molar-refractivity contribution >= 4 is 23.5 Å². The van der Waals surface area contributed by atoms with Crippen molar-refractivity contribution < 1.29 is 13.6 Å². The molecule has 1 aliphatic heterocycles. The Balaban J connectivity index is 1.70. The molecular weight excluding hydrogens is 299 g/mol. The fraction of sp³-hybridized carbons (Fsp3) is 0.308. The van der Waals surface area contributed by atoms with Crippen molar-refractivity contribution in [1.82, 2.24) is 15.5 Å². The molecule has 0 saturated carbocycles. The summed E-state index contributed by atoms with van der Waals surface area (Å²) in [6.07, 6.45) is 1.96. The maximum absolute atomic E-state index is 13.1. The van der Waals surface area contributed by atoms with Crippen molar-refractivity contribution in [2.24, 2.45) is 0 Å². The van der Waals surface area contributed by atoms with E-state index in [1.54, 1.807) is 0 Å². The Hall–Kier alpha value is -1.99. The lowest BCUT2D eigenvalue weighted by Crippen LogP contribution is -2.13. The molecule has 21 heavy (non-hydrogen) atoms. The monoisotopic (exact) mass is 310 g/mol. The molecule has 1 aromatic heterocycles. The number of anilines is 1. The van der Waals surface area contributed by atoms with Gasteiger partial charge in [0.1, 0.15) is 5.82 Å². The Morgan fingerprint density at radius 1 is 1.48 bits per heavy atom. The molecule has 110 valence electrons. The van der Waals surface area contributed by atoms with Crippen molar-refractivity contribution in [3.05, 3.63) is 40.5 Å². The molecule has 3 rings (SSSR count). The molecule has 1 fully saturated rings. The highest BCUT2D eigenvalue weighted by Gasteiger charge is 2.22. The van der Waals surface area contributed by atoms with E-state index in [9.17, 15) is 9.18 Å². The van der Waals surface area contributed by atoms with Crippen LogP contribution in [0.4, 0.5) is 10.4 Å². The maximum Gasteiger partial charge on any atom is 0.322 e. The van der Waals surface area contributed by atoms with Gasteiger partial charge in [-0.2, -0.15) is 0 Å². The SMILES string of the molecule is O=C(Nc1nnc(C2CCCN2)o1)c1ccc(F)c(Cl)c1. The summed E-state index contributed by atoms with van der Waals surface area (Å²) < 4.78 is 18.4. The maximum atomic E-state index is 13.1. The number of benzene rings is 1. The van der Waals surface area contributed by atoms with Crippen molar-refractivity contribution in [2.45, 2.75) is 18.9 Å². The van der Waals surface area contributed by atoms with E-state index in [1.807, 2.05) is 0 Å². The van der Waals surface area contributed by atoms with Gasteiger partial charge in [-0.05, 0) is 37.6 Å². The van der Waals surface area contributed by atoms with Crippen LogP contribution in [0.2, 0.25) is 5.02 Å². The molecule has 1 aliphatic rings. The minimum absolute atomic E-state index is 0.00384. The van der Waals surface area contributed by atoms with Crippen LogP contribution in [-0.2, 0) is 0 Å². The minimum atomic E-state index is -0.583. The molecule has 1 atom stereocenters. The molecule has 1 saturated heterocycles. The summed E-state index contributed by atoms with van der Waals surface area (Å²) in [6.45, 7) is 0.906. The first-order valence-corrected chi connectivity index (χ1v) is 6.84. The fourth-order valence-corrected chi connectivity index (χ4v) is 2.31. The normalized spacial score (nSPS) is 17.9. The highest BCUT2D eigenvalue weighted by atomic mass is 35.5. The lowest BCUT2D eigenvalue weighted by atomic mass is 10.2. The summed E-state index contributed by atoms with van der Waals surface area (Å²) in [6, 6.07) is 3.72. The van der Waals surface area contributed by atoms with Gasteiger partial charge in [-0.25, -0.2) is 4.39 Å². The highest BCUT2D eigenvalue weighted by Crippen LogP contribution is 2.23. The van der Waals surface area contributed by atoms with Crippen LogP contribution in [0.15, 0.2) is 22.6 Å². The van der Waals surface area contributed by atoms with Crippen LogP contribution < -0.4 is 10.6 Å². The smallest absolute Gasteiger partial charge is 0.322 e. The molecule has 6 nitrogen and oxygen atoms in total. The number of aromatic nitrogens is 2. The van der Waals surface area contributed by atoms with Gasteiger partial charge in [0.15, 0.2) is 0 Å². The van der Waals surface area contributed by atoms with E-state index in [1.165, 1.54) is 12.1 Å². The van der Waals surface area contributed by atoms with Crippen molar-refractivity contribution in [3.63, 3.8) is 0 Å². The quantitative estimate of drug-likeness (QED) is 0.910. The molecule has 2 N–H and O–H groups in total. The number of halogens is 2. The molecular formula is C13H12ClFN4O2. The first kappa shape index (κ1) is 14.0. The van der Waals surface area contributed by atoms with E-state index in [0.29, 0.717) is 5.89 Å². The number of carbonyl (C=O) groups excluding carboxylic acids is 1. The number of nitrogens with zero attached hydrogens (tertiary/aromatic N) is 2. The molecule has 1 aromatic carbocycles. The van der Waals surface area contributed by atoms with Crippen LogP contribution in [0.1, 0.15) is 35.1 Å². The van der Waals surface area contributed by atoms with E-state index < -0.39 is 11.7 Å². The largest absolute Gasteiger partial charge is 0.406 e. The van der Waals surface area contributed by atoms with Crippen LogP contribution in [0.3, 0.4) is 0 Å². The molecule has 0 spiro atoms. The molecule has 2 aromatic rings. The molecule has 0 bridgehead atoms. The number of hydrogen-bond acceptors (Lipinski definition) is 5. The summed E-state index contributed by atoms with van der Waals surface area (Å²) in [5.41, 5.74) is 0.208. The fourth-order valence-electron chi connectivity index (χ4n) is 2.13. The predicted molar refractivity (Wildman–Crippen MR) is 73.6 cm³/mol. The molecule has 0 radical (unpaired) electrons. The highest BCUT2D eigenvalue weighted by molar-refractivity contribution is 6.31. The van der Waals surface area contributed by atoms with E-state index >= 15 is 0 Å². The average Bonchev–Trinajstić information content (AvgIpc) is 3.12. The Morgan fingerprint density at radius 2 is 2.33 bits per heavy atom. The third-order valence-electron chi connectivity index (χ3n) is 3.20. The number of carbonyl (C=O) groups is 1. The number of hydrogen-bond donors (Lipinski definition) is 2. The minimum Gasteiger partial charge on any atom is -0.406 e. The van der Waals surface area contributed by atoms with E-state index in [0.717, 1.165) is 25.5 Å². The number of amides is 1. The van der Waals surface area contributed by atoms with Crippen LogP contribution in [0, 0.1) is 5.82 Å². The average molecular weight is 311 g/mol. The lowest BCUT2D eigenvalue weighted by molar-refractivity contribution is 0.102. The topological polar surface area (TPSA) is 80.0 Å². The Kier molecular flexibility index (Phi) is 3.85. The van der Waals surface area contributed by atoms with Gasteiger partial charge >= 0.3 is 6.01 Å². The Morgan fingerprint density at radius 3 is 3.05 bits per heavy atom. The van der Waals surface area contributed by atoms with Gasteiger partial charge in [0, 0.05) is 5.56 Å². The zero-order chi connectivity index (χ0) is 14.8. The summed E-state index contributed by atoms with van der Waals surface area (Å²) >= 11 is 5.64. The van der Waals surface area contributed by atoms with E-state index in [4.69, 9.17) is 16.0 Å². The number of nitrogens with one attached hydrogen (secondary N) is 2. The second kappa shape index (κ2) is 5.79. The van der Waals surface area contributed by atoms with Gasteiger partial charge in [-0.3, -0.25) is 10.1 Å². The third kappa shape index (κ3) is 3.03. The molecule has 2 heterocycles. The van der Waals surface area contributed by atoms with Gasteiger partial charge < -0.3 is 9.73 Å². The van der Waals surface area contributed by atoms with E-state index in [-0.39, 0.29) is 22.6 Å². The standard InChI is InChI=1S/C13H12ClFN4O2/c14-8-6-7(3-4-9(8)15)11(20)17-13-19-18-12(21-13)10-2-1-5-16-10/h3-4,6,10,16H,1-2,5H2,(H,17,19,20). The van der Waals surface area contributed by atoms with Crippen molar-refractivity contribution in [2.75, 3.05) is 11.9 Å². The van der Waals surface area contributed by atoms with Crippen molar-refractivity contribution in [1.29, 1.82) is 0 Å². The van der Waals surface area contributed by atoms with Crippen LogP contribution in [-0.4, -0.2) is 22.6 Å². The Labute approximate surface area is 124 Å². The molecule has 1 unspecified atom stereocenters. The molecule has 0 aliphatic carbocycles. The van der Waals surface area contributed by atoms with Crippen molar-refractivity contribution in [3.8, 4) is 0 Å². The second-order valence-electron chi connectivity index (χ2n) is 4.68. The van der Waals surface area contributed by atoms with Gasteiger partial charge in [-0.1, -0.05) is 16.7 Å². The predicted octanol–water partition coefficient (Wildman–Crippen LogP) is 2.54. The first-order chi connectivity index (χ1) is 10.1. The molecule has 1 amide bonds. The summed E-state index contributed by atoms with van der Waals surface area (Å²) in [7, 11) is 0. The number of rotatable bonds is 3. The summed E-state index contributed by atoms with van der Waals surface area (Å²) in [5.74, 6) is -0.632. The summed E-state index contributed by atoms with van der Waals surface area (Å²) in [5, 5.41) is 13.2. The Bertz CT molecular complexity index is 670. The van der Waals surface area contributed by atoms with Gasteiger partial charge in [0.05, 0.1) is 11.1 Å². The van der Waals surface area contributed by atoms with Gasteiger partial charge in [0.25, 0.3) is 5.91 Å². The van der Waals surface area contributed by atoms with Crippen LogP contribution in [0.5, 0.6) is 0 Å².